The maximum absolute atomic E-state index is 13.6. The second-order valence-corrected chi connectivity index (χ2v) is 8.45. The zero-order valence-electron chi connectivity index (χ0n) is 14.4. The van der Waals surface area contributed by atoms with Gasteiger partial charge in [0.05, 0.1) is 14.3 Å². The van der Waals surface area contributed by atoms with Crippen LogP contribution in [0.2, 0.25) is 5.02 Å². The Balaban J connectivity index is 3.36. The lowest BCUT2D eigenvalue weighted by molar-refractivity contribution is 0.0430. The minimum atomic E-state index is -0.957. The van der Waals surface area contributed by atoms with Crippen LogP contribution < -0.4 is 4.90 Å². The molecule has 0 N–H and O–H groups in total. The third-order valence-corrected chi connectivity index (χ3v) is 4.16. The summed E-state index contributed by atoms with van der Waals surface area (Å²) >= 11 is 7.81. The van der Waals surface area contributed by atoms with Gasteiger partial charge in [-0.1, -0.05) is 11.6 Å². The zero-order valence-corrected chi connectivity index (χ0v) is 17.3. The van der Waals surface area contributed by atoms with E-state index in [1.807, 2.05) is 0 Å². The molecule has 0 spiro atoms. The van der Waals surface area contributed by atoms with Gasteiger partial charge < -0.3 is 9.47 Å². The normalized spacial score (nSPS) is 11.9. The molecule has 1 aromatic rings. The van der Waals surface area contributed by atoms with Gasteiger partial charge in [-0.25, -0.2) is 14.0 Å². The summed E-state index contributed by atoms with van der Waals surface area (Å²) in [5.74, 6) is -0.558. The van der Waals surface area contributed by atoms with Gasteiger partial charge in [0, 0.05) is 0 Å². The summed E-state index contributed by atoms with van der Waals surface area (Å²) in [4.78, 5) is 25.6. The lowest BCUT2D eigenvalue weighted by Crippen LogP contribution is -2.44. The van der Waals surface area contributed by atoms with Gasteiger partial charge >= 0.3 is 12.2 Å². The van der Waals surface area contributed by atoms with E-state index in [2.05, 4.69) is 0 Å². The van der Waals surface area contributed by atoms with Crippen LogP contribution in [0.5, 0.6) is 0 Å². The first kappa shape index (κ1) is 21.0. The fourth-order valence-corrected chi connectivity index (χ4v) is 2.27. The van der Waals surface area contributed by atoms with E-state index in [0.717, 1.165) is 6.07 Å². The van der Waals surface area contributed by atoms with Gasteiger partial charge in [0.2, 0.25) is 0 Å². The number of imide groups is 1. The number of carbonyl (C=O) groups excluding carboxylic acids is 2. The average molecular weight is 472 g/mol. The Hall–Kier alpha value is -1.09. The molecule has 8 heteroatoms. The van der Waals surface area contributed by atoms with Crippen LogP contribution >= 0.6 is 34.2 Å². The number of benzene rings is 1. The van der Waals surface area contributed by atoms with Crippen LogP contribution in [0.25, 0.3) is 0 Å². The van der Waals surface area contributed by atoms with Crippen molar-refractivity contribution in [3.8, 4) is 0 Å². The van der Waals surface area contributed by atoms with E-state index in [9.17, 15) is 14.0 Å². The Morgan fingerprint density at radius 3 is 1.83 bits per heavy atom. The number of amides is 2. The maximum Gasteiger partial charge on any atom is 0.424 e. The van der Waals surface area contributed by atoms with Crippen molar-refractivity contribution in [3.05, 3.63) is 26.5 Å². The molecule has 24 heavy (non-hydrogen) atoms. The second kappa shape index (κ2) is 7.43. The smallest absolute Gasteiger partial charge is 0.424 e. The Labute approximate surface area is 159 Å². The number of nitrogens with zero attached hydrogens (tertiary/aromatic N) is 1. The van der Waals surface area contributed by atoms with E-state index >= 15 is 0 Å². The predicted molar refractivity (Wildman–Crippen MR) is 99.1 cm³/mol. The van der Waals surface area contributed by atoms with Gasteiger partial charge in [-0.05, 0) is 76.3 Å². The zero-order chi connectivity index (χ0) is 18.9. The molecule has 0 saturated heterocycles. The van der Waals surface area contributed by atoms with Crippen LogP contribution in [-0.4, -0.2) is 23.4 Å². The summed E-state index contributed by atoms with van der Waals surface area (Å²) in [5.41, 5.74) is -1.68. The molecule has 0 fully saturated rings. The molecular weight excluding hydrogens is 452 g/mol. The minimum Gasteiger partial charge on any atom is -0.443 e. The van der Waals surface area contributed by atoms with Crippen LogP contribution in [0, 0.1) is 9.39 Å². The van der Waals surface area contributed by atoms with Crippen molar-refractivity contribution in [1.29, 1.82) is 0 Å². The highest BCUT2D eigenvalue weighted by Crippen LogP contribution is 2.34. The Kier molecular flexibility index (Phi) is 6.49. The summed E-state index contributed by atoms with van der Waals surface area (Å²) in [6.07, 6.45) is -1.91. The van der Waals surface area contributed by atoms with Crippen molar-refractivity contribution >= 4 is 52.1 Å². The molecule has 0 aliphatic heterocycles. The third-order valence-electron chi connectivity index (χ3n) is 2.41. The molecule has 0 aliphatic carbocycles. The van der Waals surface area contributed by atoms with Crippen LogP contribution in [0.15, 0.2) is 12.1 Å². The first-order valence-electron chi connectivity index (χ1n) is 7.12. The fourth-order valence-electron chi connectivity index (χ4n) is 1.57. The lowest BCUT2D eigenvalue weighted by Gasteiger charge is -2.29. The largest absolute Gasteiger partial charge is 0.443 e. The second-order valence-electron chi connectivity index (χ2n) is 6.99. The van der Waals surface area contributed by atoms with Crippen LogP contribution in [0.1, 0.15) is 41.5 Å². The topological polar surface area (TPSA) is 55.8 Å². The molecule has 0 heterocycles. The highest BCUT2D eigenvalue weighted by Gasteiger charge is 2.34. The van der Waals surface area contributed by atoms with E-state index in [1.165, 1.54) is 6.07 Å². The van der Waals surface area contributed by atoms with Gasteiger partial charge in [-0.15, -0.1) is 0 Å². The Morgan fingerprint density at radius 2 is 1.46 bits per heavy atom. The molecule has 0 aliphatic rings. The van der Waals surface area contributed by atoms with E-state index in [0.29, 0.717) is 4.90 Å². The lowest BCUT2D eigenvalue weighted by atomic mass is 10.2. The molecule has 134 valence electrons. The molecule has 0 aromatic heterocycles. The molecule has 0 saturated carbocycles. The van der Waals surface area contributed by atoms with Gasteiger partial charge in [0.15, 0.2) is 0 Å². The van der Waals surface area contributed by atoms with E-state index in [1.54, 1.807) is 64.1 Å². The summed E-state index contributed by atoms with van der Waals surface area (Å²) in [6.45, 7) is 9.97. The van der Waals surface area contributed by atoms with Crippen molar-refractivity contribution in [2.24, 2.45) is 0 Å². The van der Waals surface area contributed by atoms with E-state index in [-0.39, 0.29) is 14.3 Å². The number of hydrogen-bond acceptors (Lipinski definition) is 4. The predicted octanol–water partition coefficient (Wildman–Crippen LogP) is 5.76. The van der Waals surface area contributed by atoms with Crippen LogP contribution in [-0.2, 0) is 9.47 Å². The number of carbonyl (C=O) groups is 2. The first-order valence-corrected chi connectivity index (χ1v) is 8.58. The highest BCUT2D eigenvalue weighted by atomic mass is 127. The number of anilines is 1. The average Bonchev–Trinajstić information content (AvgIpc) is 2.35. The molecule has 0 atom stereocenters. The molecular formula is C16H20ClFINO4. The Morgan fingerprint density at radius 1 is 1.04 bits per heavy atom. The summed E-state index contributed by atoms with van der Waals surface area (Å²) in [7, 11) is 0. The van der Waals surface area contributed by atoms with Crippen molar-refractivity contribution in [3.63, 3.8) is 0 Å². The van der Waals surface area contributed by atoms with E-state index < -0.39 is 29.2 Å². The molecule has 5 nitrogen and oxygen atoms in total. The number of ether oxygens (including phenoxy) is 2. The summed E-state index contributed by atoms with van der Waals surface area (Å²) in [6, 6.07) is 2.35. The van der Waals surface area contributed by atoms with E-state index in [4.69, 9.17) is 21.1 Å². The highest BCUT2D eigenvalue weighted by molar-refractivity contribution is 14.1. The minimum absolute atomic E-state index is 0.00836. The van der Waals surface area contributed by atoms with Gasteiger partial charge in [0.1, 0.15) is 17.0 Å². The number of hydrogen-bond donors (Lipinski definition) is 0. The van der Waals surface area contributed by atoms with Gasteiger partial charge in [0.25, 0.3) is 0 Å². The van der Waals surface area contributed by atoms with Crippen molar-refractivity contribution < 1.29 is 23.5 Å². The fraction of sp³-hybridized carbons (Fsp3) is 0.500. The molecule has 1 aromatic carbocycles. The van der Waals surface area contributed by atoms with Crippen molar-refractivity contribution in [1.82, 2.24) is 0 Å². The Bertz CT molecular complexity index is 625. The molecule has 1 rings (SSSR count). The van der Waals surface area contributed by atoms with Crippen molar-refractivity contribution in [2.45, 2.75) is 52.7 Å². The van der Waals surface area contributed by atoms with Crippen molar-refractivity contribution in [2.75, 3.05) is 4.90 Å². The third kappa shape index (κ3) is 5.77. The monoisotopic (exact) mass is 471 g/mol. The van der Waals surface area contributed by atoms with Crippen LogP contribution in [0.4, 0.5) is 19.7 Å². The molecule has 2 amide bonds. The maximum atomic E-state index is 13.6. The van der Waals surface area contributed by atoms with Gasteiger partial charge in [-0.2, -0.15) is 4.90 Å². The quantitative estimate of drug-likeness (QED) is 0.386. The molecule has 0 radical (unpaired) electrons. The summed E-state index contributed by atoms with van der Waals surface area (Å²) in [5, 5.41) is -0.0766. The SMILES string of the molecule is CC(C)(C)OC(=O)N(C(=O)OC(C)(C)C)c1ccc(F)c(I)c1Cl. The summed E-state index contributed by atoms with van der Waals surface area (Å²) < 4.78 is 24.2. The molecule has 0 unspecified atom stereocenters. The van der Waals surface area contributed by atoms with Gasteiger partial charge in [-0.3, -0.25) is 0 Å². The number of rotatable bonds is 1. The first-order chi connectivity index (χ1) is 10.7. The van der Waals surface area contributed by atoms with Crippen LogP contribution in [0.3, 0.4) is 0 Å². The standard InChI is InChI=1S/C16H20ClFINO4/c1-15(2,3)23-13(21)20(14(22)24-16(4,5)6)10-8-7-9(18)12(19)11(10)17/h7-8H,1-6H3. The molecule has 0 bridgehead atoms. The number of halogens is 3.